The van der Waals surface area contributed by atoms with Crippen molar-refractivity contribution in [2.75, 3.05) is 12.3 Å². The highest BCUT2D eigenvalue weighted by Gasteiger charge is 2.30. The maximum atomic E-state index is 2.46. The molecule has 110 valence electrons. The van der Waals surface area contributed by atoms with Crippen LogP contribution in [0.5, 0.6) is 0 Å². The molecule has 2 heteroatoms. The van der Waals surface area contributed by atoms with Gasteiger partial charge in [0.1, 0.15) is 0 Å². The molecule has 0 heterocycles. The van der Waals surface area contributed by atoms with E-state index in [0.29, 0.717) is 0 Å². The largest absolute Gasteiger partial charge is 0.0730 e. The summed E-state index contributed by atoms with van der Waals surface area (Å²) in [6, 6.07) is 0. The van der Waals surface area contributed by atoms with E-state index in [0.717, 1.165) is 11.3 Å². The Balaban J connectivity index is 2.10. The molecule has 0 nitrogen and oxygen atoms in total. The Morgan fingerprint density at radius 2 is 1.00 bits per heavy atom. The molecule has 2 unspecified atom stereocenters. The summed E-state index contributed by atoms with van der Waals surface area (Å²) >= 11 is 0. The molecule has 0 saturated carbocycles. The van der Waals surface area contributed by atoms with Crippen LogP contribution < -0.4 is 0 Å². The maximum Gasteiger partial charge on any atom is 0.0195 e. The molecule has 2 aliphatic rings. The second kappa shape index (κ2) is 8.96. The average Bonchev–Trinajstić information content (AvgIpc) is 3.14. The molecular formula is C18H28P2. The molecule has 0 aliphatic heterocycles. The lowest BCUT2D eigenvalue weighted by Crippen LogP contribution is -2.06. The second-order valence-electron chi connectivity index (χ2n) is 5.55. The normalized spacial score (nSPS) is 21.1. The van der Waals surface area contributed by atoms with Gasteiger partial charge in [0.2, 0.25) is 0 Å². The van der Waals surface area contributed by atoms with E-state index in [1.807, 2.05) is 0 Å². The zero-order chi connectivity index (χ0) is 14.2. The van der Waals surface area contributed by atoms with Crippen LogP contribution in [-0.2, 0) is 0 Å². The molecule has 0 aromatic heterocycles. The van der Waals surface area contributed by atoms with E-state index < -0.39 is 0 Å². The zero-order valence-electron chi connectivity index (χ0n) is 12.9. The van der Waals surface area contributed by atoms with Crippen LogP contribution in [0.1, 0.15) is 39.5 Å². The number of hydrogen-bond donors (Lipinski definition) is 0. The van der Waals surface area contributed by atoms with Crippen molar-refractivity contribution in [2.45, 2.75) is 50.8 Å². The van der Waals surface area contributed by atoms with Crippen LogP contribution >= 0.6 is 15.2 Å². The molecule has 0 amide bonds. The first-order chi connectivity index (χ1) is 9.86. The molecule has 0 fully saturated rings. The summed E-state index contributed by atoms with van der Waals surface area (Å²) in [7, 11) is 0.270. The molecule has 0 bridgehead atoms. The topological polar surface area (TPSA) is 0 Å². The fourth-order valence-corrected chi connectivity index (χ4v) is 12.4. The van der Waals surface area contributed by atoms with Crippen molar-refractivity contribution in [3.8, 4) is 0 Å². The van der Waals surface area contributed by atoms with Gasteiger partial charge in [-0.2, -0.15) is 0 Å². The van der Waals surface area contributed by atoms with Crippen molar-refractivity contribution in [1.29, 1.82) is 0 Å². The highest BCUT2D eigenvalue weighted by molar-refractivity contribution is 8.30. The van der Waals surface area contributed by atoms with Gasteiger partial charge in [0.05, 0.1) is 0 Å². The van der Waals surface area contributed by atoms with E-state index in [-0.39, 0.29) is 15.2 Å². The van der Waals surface area contributed by atoms with Gasteiger partial charge in [0, 0.05) is 11.3 Å². The van der Waals surface area contributed by atoms with Crippen molar-refractivity contribution in [1.82, 2.24) is 0 Å². The first kappa shape index (κ1) is 16.2. The first-order valence-corrected chi connectivity index (χ1v) is 12.0. The lowest BCUT2D eigenvalue weighted by atomic mass is 10.4. The fourth-order valence-electron chi connectivity index (χ4n) is 2.78. The molecular weight excluding hydrogens is 278 g/mol. The zero-order valence-corrected chi connectivity index (χ0v) is 14.7. The molecule has 0 saturated heterocycles. The van der Waals surface area contributed by atoms with Gasteiger partial charge in [-0.3, -0.25) is 0 Å². The Morgan fingerprint density at radius 3 is 1.30 bits per heavy atom. The van der Waals surface area contributed by atoms with Gasteiger partial charge in [-0.05, 0) is 25.2 Å². The standard InChI is InChI=1S/C18H28P2/c1-3-5-15-19(17-11-7-8-12-17)20(16-6-4-2)18-13-9-10-14-18/h7-14,17-18H,3-6,15-16H2,1-2H3. The van der Waals surface area contributed by atoms with Crippen molar-refractivity contribution >= 4 is 15.2 Å². The molecule has 2 rings (SSSR count). The predicted molar refractivity (Wildman–Crippen MR) is 97.5 cm³/mol. The van der Waals surface area contributed by atoms with E-state index >= 15 is 0 Å². The quantitative estimate of drug-likeness (QED) is 0.429. The van der Waals surface area contributed by atoms with Crippen molar-refractivity contribution in [3.05, 3.63) is 48.6 Å². The van der Waals surface area contributed by atoms with Crippen LogP contribution in [0.25, 0.3) is 0 Å². The Morgan fingerprint density at radius 1 is 0.650 bits per heavy atom. The van der Waals surface area contributed by atoms with Crippen LogP contribution in [0.15, 0.2) is 48.6 Å². The van der Waals surface area contributed by atoms with Gasteiger partial charge in [-0.25, -0.2) is 0 Å². The minimum atomic E-state index is 0.135. The minimum Gasteiger partial charge on any atom is -0.0730 e. The molecule has 0 spiro atoms. The Hall–Kier alpha value is -0.180. The Labute approximate surface area is 127 Å². The summed E-state index contributed by atoms with van der Waals surface area (Å²) in [4.78, 5) is 0. The smallest absolute Gasteiger partial charge is 0.0195 e. The number of hydrogen-bond acceptors (Lipinski definition) is 0. The van der Waals surface area contributed by atoms with E-state index in [1.54, 1.807) is 0 Å². The summed E-state index contributed by atoms with van der Waals surface area (Å²) in [5, 5.41) is 0. The van der Waals surface area contributed by atoms with Crippen LogP contribution in [0.3, 0.4) is 0 Å². The van der Waals surface area contributed by atoms with Crippen LogP contribution in [0.4, 0.5) is 0 Å². The summed E-state index contributed by atoms with van der Waals surface area (Å²) < 4.78 is 0. The lowest BCUT2D eigenvalue weighted by molar-refractivity contribution is 0.886. The van der Waals surface area contributed by atoms with Gasteiger partial charge in [0.15, 0.2) is 0 Å². The molecule has 0 aromatic carbocycles. The summed E-state index contributed by atoms with van der Waals surface area (Å²) in [6.45, 7) is 4.66. The molecule has 0 aromatic rings. The van der Waals surface area contributed by atoms with Crippen molar-refractivity contribution in [2.24, 2.45) is 0 Å². The molecule has 0 radical (unpaired) electrons. The summed E-state index contributed by atoms with van der Waals surface area (Å²) in [5.74, 6) is 0. The lowest BCUT2D eigenvalue weighted by Gasteiger charge is -2.34. The Bertz CT molecular complexity index is 330. The van der Waals surface area contributed by atoms with Gasteiger partial charge in [-0.1, -0.05) is 90.5 Å². The van der Waals surface area contributed by atoms with Crippen LogP contribution in [0, 0.1) is 0 Å². The molecule has 2 aliphatic carbocycles. The second-order valence-corrected chi connectivity index (χ2v) is 12.5. The predicted octanol–water partition coefficient (Wildman–Crippen LogP) is 6.45. The molecule has 0 N–H and O–H groups in total. The third-order valence-electron chi connectivity index (χ3n) is 3.96. The SMILES string of the molecule is CCCCP(C1C=CC=C1)P(CCCC)C1C=CC=C1. The summed E-state index contributed by atoms with van der Waals surface area (Å²) in [6.07, 6.45) is 27.4. The molecule has 2 atom stereocenters. The third-order valence-corrected chi connectivity index (χ3v) is 13.0. The highest BCUT2D eigenvalue weighted by atomic mass is 32.1. The van der Waals surface area contributed by atoms with E-state index in [1.165, 1.54) is 38.0 Å². The van der Waals surface area contributed by atoms with Crippen molar-refractivity contribution < 1.29 is 0 Å². The first-order valence-electron chi connectivity index (χ1n) is 8.10. The average molecular weight is 306 g/mol. The van der Waals surface area contributed by atoms with Gasteiger partial charge in [-0.15, -0.1) is 0 Å². The van der Waals surface area contributed by atoms with Crippen molar-refractivity contribution in [3.63, 3.8) is 0 Å². The monoisotopic (exact) mass is 306 g/mol. The van der Waals surface area contributed by atoms with Crippen LogP contribution in [0.2, 0.25) is 0 Å². The third kappa shape index (κ3) is 4.41. The Kier molecular flexibility index (Phi) is 7.26. The summed E-state index contributed by atoms with van der Waals surface area (Å²) in [5.41, 5.74) is 1.53. The highest BCUT2D eigenvalue weighted by Crippen LogP contribution is 2.75. The maximum absolute atomic E-state index is 2.46. The number of allylic oxidation sites excluding steroid dienone is 8. The van der Waals surface area contributed by atoms with Gasteiger partial charge in [0.25, 0.3) is 0 Å². The van der Waals surface area contributed by atoms with E-state index in [2.05, 4.69) is 62.5 Å². The number of rotatable bonds is 9. The minimum absolute atomic E-state index is 0.135. The van der Waals surface area contributed by atoms with E-state index in [4.69, 9.17) is 0 Å². The number of unbranched alkanes of at least 4 members (excludes halogenated alkanes) is 2. The molecule has 20 heavy (non-hydrogen) atoms. The van der Waals surface area contributed by atoms with Gasteiger partial charge < -0.3 is 0 Å². The van der Waals surface area contributed by atoms with E-state index in [9.17, 15) is 0 Å². The van der Waals surface area contributed by atoms with Crippen LogP contribution in [-0.4, -0.2) is 23.6 Å². The van der Waals surface area contributed by atoms with Gasteiger partial charge >= 0.3 is 0 Å². The fraction of sp³-hybridized carbons (Fsp3) is 0.556.